The van der Waals surface area contributed by atoms with Gasteiger partial charge in [-0.1, -0.05) is 5.21 Å². The molecule has 1 aliphatic rings. The number of H-pyrrole nitrogens is 1. The number of benzene rings is 1. The monoisotopic (exact) mass is 267 g/mol. The smallest absolute Gasteiger partial charge is 0.0697 e. The van der Waals surface area contributed by atoms with Gasteiger partial charge in [0.1, 0.15) is 0 Å². The van der Waals surface area contributed by atoms with Crippen LogP contribution in [0, 0.1) is 0 Å². The summed E-state index contributed by atoms with van der Waals surface area (Å²) in [6.07, 6.45) is 8.17. The number of piperidine rings is 1. The van der Waals surface area contributed by atoms with Gasteiger partial charge in [0.25, 0.3) is 0 Å². The van der Waals surface area contributed by atoms with Gasteiger partial charge in [-0.25, -0.2) is 4.68 Å². The van der Waals surface area contributed by atoms with E-state index in [1.165, 1.54) is 29.3 Å². The normalized spacial score (nSPS) is 16.8. The van der Waals surface area contributed by atoms with Gasteiger partial charge in [0, 0.05) is 17.1 Å². The summed E-state index contributed by atoms with van der Waals surface area (Å²) in [7, 11) is 0. The van der Waals surface area contributed by atoms with Crippen molar-refractivity contribution in [2.75, 3.05) is 13.1 Å². The second kappa shape index (κ2) is 4.76. The molecule has 1 fully saturated rings. The number of hydrogen-bond donors (Lipinski definition) is 2. The first kappa shape index (κ1) is 11.7. The van der Waals surface area contributed by atoms with Crippen molar-refractivity contribution in [3.05, 3.63) is 42.4 Å². The molecule has 0 amide bonds. The molecule has 20 heavy (non-hydrogen) atoms. The Morgan fingerprint density at radius 1 is 1.20 bits per heavy atom. The molecule has 4 rings (SSSR count). The molecule has 102 valence electrons. The fourth-order valence-corrected chi connectivity index (χ4v) is 3.09. The molecule has 3 aromatic rings. The molecule has 5 heteroatoms. The standard InChI is InChI=1S/C15H17N5/c1-2-15-13(9-12(1)20-8-7-18-19-20)14(10-17-15)11-3-5-16-6-4-11/h1-2,7-11,16-17H,3-6H2. The maximum Gasteiger partial charge on any atom is 0.0697 e. The molecular formula is C15H17N5. The van der Waals surface area contributed by atoms with Gasteiger partial charge in [-0.3, -0.25) is 0 Å². The van der Waals surface area contributed by atoms with Crippen molar-refractivity contribution in [2.45, 2.75) is 18.8 Å². The maximum atomic E-state index is 4.07. The Kier molecular flexibility index (Phi) is 2.77. The second-order valence-corrected chi connectivity index (χ2v) is 5.35. The summed E-state index contributed by atoms with van der Waals surface area (Å²) >= 11 is 0. The topological polar surface area (TPSA) is 58.5 Å². The van der Waals surface area contributed by atoms with Crippen LogP contribution < -0.4 is 5.32 Å². The van der Waals surface area contributed by atoms with E-state index in [0.717, 1.165) is 18.8 Å². The van der Waals surface area contributed by atoms with Gasteiger partial charge < -0.3 is 10.3 Å². The first-order valence-electron chi connectivity index (χ1n) is 7.10. The van der Waals surface area contributed by atoms with E-state index < -0.39 is 0 Å². The summed E-state index contributed by atoms with van der Waals surface area (Å²) in [4.78, 5) is 3.39. The van der Waals surface area contributed by atoms with Crippen LogP contribution in [0.25, 0.3) is 16.6 Å². The summed E-state index contributed by atoms with van der Waals surface area (Å²) in [5, 5.41) is 12.7. The lowest BCUT2D eigenvalue weighted by atomic mass is 9.90. The minimum Gasteiger partial charge on any atom is -0.361 e. The zero-order chi connectivity index (χ0) is 13.4. The third-order valence-corrected chi connectivity index (χ3v) is 4.16. The number of nitrogens with one attached hydrogen (secondary N) is 2. The van der Waals surface area contributed by atoms with Gasteiger partial charge >= 0.3 is 0 Å². The first-order chi connectivity index (χ1) is 9.92. The molecular weight excluding hydrogens is 250 g/mol. The number of aromatic nitrogens is 4. The van der Waals surface area contributed by atoms with Crippen LogP contribution in [0.15, 0.2) is 36.8 Å². The second-order valence-electron chi connectivity index (χ2n) is 5.35. The third-order valence-electron chi connectivity index (χ3n) is 4.16. The minimum absolute atomic E-state index is 0.649. The summed E-state index contributed by atoms with van der Waals surface area (Å²) in [5.74, 6) is 0.649. The predicted octanol–water partition coefficient (Wildman–Crippen LogP) is 2.22. The average molecular weight is 267 g/mol. The lowest BCUT2D eigenvalue weighted by Crippen LogP contribution is -2.26. The van der Waals surface area contributed by atoms with Gasteiger partial charge in [0.15, 0.2) is 0 Å². The van der Waals surface area contributed by atoms with E-state index in [-0.39, 0.29) is 0 Å². The van der Waals surface area contributed by atoms with E-state index in [1.807, 2.05) is 6.20 Å². The largest absolute Gasteiger partial charge is 0.361 e. The number of rotatable bonds is 2. The van der Waals surface area contributed by atoms with E-state index in [4.69, 9.17) is 0 Å². The highest BCUT2D eigenvalue weighted by atomic mass is 15.4. The summed E-state index contributed by atoms with van der Waals surface area (Å²) in [6.45, 7) is 2.22. The van der Waals surface area contributed by atoms with Crippen LogP contribution in [0.5, 0.6) is 0 Å². The molecule has 0 bridgehead atoms. The summed E-state index contributed by atoms with van der Waals surface area (Å²) in [5.41, 5.74) is 3.69. The molecule has 0 spiro atoms. The fraction of sp³-hybridized carbons (Fsp3) is 0.333. The SMILES string of the molecule is c1cn(-c2ccc3[nH]cc(C4CCNCC4)c3c2)nn1. The van der Waals surface area contributed by atoms with Crippen molar-refractivity contribution >= 4 is 10.9 Å². The molecule has 0 unspecified atom stereocenters. The van der Waals surface area contributed by atoms with Crippen LogP contribution in [-0.2, 0) is 0 Å². The van der Waals surface area contributed by atoms with Crippen molar-refractivity contribution in [1.29, 1.82) is 0 Å². The summed E-state index contributed by atoms with van der Waals surface area (Å²) < 4.78 is 1.80. The third kappa shape index (κ3) is 1.91. The van der Waals surface area contributed by atoms with Gasteiger partial charge in [-0.15, -0.1) is 5.10 Å². The molecule has 0 atom stereocenters. The van der Waals surface area contributed by atoms with Crippen LogP contribution in [0.4, 0.5) is 0 Å². The number of hydrogen-bond acceptors (Lipinski definition) is 3. The van der Waals surface area contributed by atoms with E-state index in [2.05, 4.69) is 45.0 Å². The fourth-order valence-electron chi connectivity index (χ4n) is 3.09. The quantitative estimate of drug-likeness (QED) is 0.748. The molecule has 0 aliphatic carbocycles. The van der Waals surface area contributed by atoms with Crippen LogP contribution >= 0.6 is 0 Å². The zero-order valence-electron chi connectivity index (χ0n) is 11.2. The van der Waals surface area contributed by atoms with Gasteiger partial charge in [0.2, 0.25) is 0 Å². The summed E-state index contributed by atoms with van der Waals surface area (Å²) in [6, 6.07) is 6.40. The highest BCUT2D eigenvalue weighted by Crippen LogP contribution is 2.32. The van der Waals surface area contributed by atoms with Gasteiger partial charge in [-0.05, 0) is 55.6 Å². The Balaban J connectivity index is 1.79. The van der Waals surface area contributed by atoms with Crippen LogP contribution in [0.3, 0.4) is 0 Å². The Hall–Kier alpha value is -2.14. The number of fused-ring (bicyclic) bond motifs is 1. The lowest BCUT2D eigenvalue weighted by molar-refractivity contribution is 0.462. The van der Waals surface area contributed by atoms with E-state index in [0.29, 0.717) is 5.92 Å². The molecule has 1 saturated heterocycles. The Labute approximate surface area is 117 Å². The van der Waals surface area contributed by atoms with Crippen LogP contribution in [0.2, 0.25) is 0 Å². The van der Waals surface area contributed by atoms with Crippen molar-refractivity contribution in [1.82, 2.24) is 25.3 Å². The molecule has 1 aliphatic heterocycles. The van der Waals surface area contributed by atoms with Crippen molar-refractivity contribution in [3.63, 3.8) is 0 Å². The molecule has 5 nitrogen and oxygen atoms in total. The number of nitrogens with zero attached hydrogens (tertiary/aromatic N) is 3. The van der Waals surface area contributed by atoms with Gasteiger partial charge in [-0.2, -0.15) is 0 Å². The number of aromatic amines is 1. The highest BCUT2D eigenvalue weighted by molar-refractivity contribution is 5.85. The Bertz CT molecular complexity index is 707. The molecule has 2 aromatic heterocycles. The van der Waals surface area contributed by atoms with E-state index in [9.17, 15) is 0 Å². The molecule has 2 N–H and O–H groups in total. The van der Waals surface area contributed by atoms with Crippen molar-refractivity contribution < 1.29 is 0 Å². The predicted molar refractivity (Wildman–Crippen MR) is 78.1 cm³/mol. The molecule has 1 aromatic carbocycles. The van der Waals surface area contributed by atoms with Crippen molar-refractivity contribution in [3.8, 4) is 5.69 Å². The molecule has 0 radical (unpaired) electrons. The Morgan fingerprint density at radius 2 is 2.10 bits per heavy atom. The van der Waals surface area contributed by atoms with Gasteiger partial charge in [0.05, 0.1) is 18.1 Å². The molecule has 3 heterocycles. The maximum absolute atomic E-state index is 4.07. The highest BCUT2D eigenvalue weighted by Gasteiger charge is 2.18. The van der Waals surface area contributed by atoms with E-state index >= 15 is 0 Å². The minimum atomic E-state index is 0.649. The Morgan fingerprint density at radius 3 is 2.90 bits per heavy atom. The zero-order valence-corrected chi connectivity index (χ0v) is 11.2. The van der Waals surface area contributed by atoms with Crippen molar-refractivity contribution in [2.24, 2.45) is 0 Å². The lowest BCUT2D eigenvalue weighted by Gasteiger charge is -2.22. The van der Waals surface area contributed by atoms with E-state index in [1.54, 1.807) is 10.9 Å². The van der Waals surface area contributed by atoms with Crippen LogP contribution in [-0.4, -0.2) is 33.1 Å². The first-order valence-corrected chi connectivity index (χ1v) is 7.10. The molecule has 0 saturated carbocycles. The average Bonchev–Trinajstić information content (AvgIpc) is 3.17. The van der Waals surface area contributed by atoms with Crippen LogP contribution in [0.1, 0.15) is 24.3 Å².